The highest BCUT2D eigenvalue weighted by molar-refractivity contribution is 7.89. The lowest BCUT2D eigenvalue weighted by molar-refractivity contribution is -0.437. The molecule has 0 fully saturated rings. The lowest BCUT2D eigenvalue weighted by Crippen LogP contribution is -2.53. The fraction of sp³-hybridized carbons (Fsp3) is 0.545. The van der Waals surface area contributed by atoms with Crippen molar-refractivity contribution in [2.24, 2.45) is 5.41 Å². The molecule has 2 aromatic carbocycles. The van der Waals surface area contributed by atoms with Gasteiger partial charge < -0.3 is 25.6 Å². The van der Waals surface area contributed by atoms with Gasteiger partial charge >= 0.3 is 5.97 Å². The second-order valence-corrected chi connectivity index (χ2v) is 32.6. The third-order valence-corrected chi connectivity index (χ3v) is 21.1. The van der Waals surface area contributed by atoms with E-state index in [1.165, 1.54) is 37.4 Å². The average Bonchev–Trinajstić information content (AvgIpc) is 2.17. The lowest BCUT2D eigenvalue weighted by Gasteiger charge is -2.35. The maximum absolute atomic E-state index is 15.0. The topological polar surface area (TPSA) is 429 Å². The zero-order valence-electron chi connectivity index (χ0n) is 50.2. The van der Waals surface area contributed by atoms with E-state index < -0.39 is 135 Å². The van der Waals surface area contributed by atoms with Crippen molar-refractivity contribution >= 4 is 101 Å². The monoisotopic (exact) mass is 1370 g/mol. The fourth-order valence-corrected chi connectivity index (χ4v) is 14.3. The van der Waals surface area contributed by atoms with Gasteiger partial charge in [0.1, 0.15) is 12.0 Å². The van der Waals surface area contributed by atoms with Crippen LogP contribution in [0.5, 0.6) is 0 Å². The molecule has 0 spiro atoms. The molecule has 3 amide bonds. The van der Waals surface area contributed by atoms with Crippen molar-refractivity contribution in [3.05, 3.63) is 94.7 Å². The first-order valence-electron chi connectivity index (χ1n) is 28.3. The Morgan fingerprint density at radius 1 is 0.640 bits per heavy atom. The third-order valence-electron chi connectivity index (χ3n) is 15.3. The van der Waals surface area contributed by atoms with Crippen LogP contribution in [0.15, 0.2) is 93.4 Å². The molecule has 2 heterocycles. The summed E-state index contributed by atoms with van der Waals surface area (Å²) in [6.07, 6.45) is 8.23. The average molecular weight is 1370 g/mol. The molecule has 0 bridgehead atoms. The summed E-state index contributed by atoms with van der Waals surface area (Å²) in [5, 5.41) is 7.66. The van der Waals surface area contributed by atoms with E-state index in [1.54, 1.807) is 74.5 Å². The number of hydrogen-bond acceptors (Lipinski definition) is 18. The van der Waals surface area contributed by atoms with Crippen LogP contribution >= 0.6 is 0 Å². The first-order chi connectivity index (χ1) is 41.0. The molecule has 0 radical (unpaired) electrons. The Morgan fingerprint density at radius 2 is 1.22 bits per heavy atom. The molecule has 496 valence electrons. The van der Waals surface area contributed by atoms with Gasteiger partial charge in [0.25, 0.3) is 50.6 Å². The zero-order valence-corrected chi connectivity index (χ0v) is 55.1. The second-order valence-electron chi connectivity index (χ2n) is 22.8. The molecule has 1 atom stereocenters. The van der Waals surface area contributed by atoms with Gasteiger partial charge in [-0.1, -0.05) is 38.5 Å². The summed E-state index contributed by atoms with van der Waals surface area (Å²) in [5.74, 6) is -5.72. The van der Waals surface area contributed by atoms with E-state index in [4.69, 9.17) is 9.29 Å². The number of anilines is 1. The number of hydrogen-bond donors (Lipinski definition) is 8. The van der Waals surface area contributed by atoms with Gasteiger partial charge in [-0.3, -0.25) is 41.9 Å². The Labute approximate surface area is 520 Å². The number of allylic oxidation sites excluding steroid dienone is 8. The Balaban J connectivity index is 1.66. The highest BCUT2D eigenvalue weighted by atomic mass is 32.2. The number of sulfonamides is 1. The predicted molar refractivity (Wildman–Crippen MR) is 329 cm³/mol. The molecule has 0 saturated heterocycles. The molecular weight excluding hydrogens is 1290 g/mol. The van der Waals surface area contributed by atoms with Crippen LogP contribution < -0.4 is 20.9 Å². The number of carbonyl (C=O) groups excluding carboxylic acids is 4. The molecule has 3 aliphatic rings. The van der Waals surface area contributed by atoms with Crippen molar-refractivity contribution in [1.29, 1.82) is 0 Å². The van der Waals surface area contributed by atoms with Crippen LogP contribution in [0.4, 0.5) is 11.4 Å². The summed E-state index contributed by atoms with van der Waals surface area (Å²) in [6.45, 7) is 7.60. The third kappa shape index (κ3) is 20.6. The zero-order chi connectivity index (χ0) is 66.8. The number of rotatable bonds is 33. The number of benzene rings is 2. The smallest absolute Gasteiger partial charge is 0.305 e. The van der Waals surface area contributed by atoms with E-state index in [0.29, 0.717) is 64.3 Å². The van der Waals surface area contributed by atoms with Crippen molar-refractivity contribution in [3.8, 4) is 0 Å². The second kappa shape index (κ2) is 29.7. The van der Waals surface area contributed by atoms with Crippen molar-refractivity contribution in [2.45, 2.75) is 119 Å². The Kier molecular flexibility index (Phi) is 24.6. The van der Waals surface area contributed by atoms with E-state index in [0.717, 1.165) is 10.4 Å². The summed E-state index contributed by atoms with van der Waals surface area (Å²) in [6, 6.07) is 8.14. The number of fused-ring (bicyclic) bond motifs is 2. The summed E-state index contributed by atoms with van der Waals surface area (Å²) < 4.78 is 203. The fourth-order valence-electron chi connectivity index (χ4n) is 10.8. The number of unbranched alkanes of at least 4 members (excludes halogenated alkanes) is 2. The maximum atomic E-state index is 15.0. The van der Waals surface area contributed by atoms with Crippen LogP contribution in [-0.4, -0.2) is 187 Å². The van der Waals surface area contributed by atoms with Crippen LogP contribution in [-0.2, 0) is 95.4 Å². The van der Waals surface area contributed by atoms with E-state index in [-0.39, 0.29) is 89.2 Å². The van der Waals surface area contributed by atoms with Crippen LogP contribution in [0.3, 0.4) is 0 Å². The van der Waals surface area contributed by atoms with Gasteiger partial charge in [-0.2, -0.15) is 46.7 Å². The molecule has 1 unspecified atom stereocenters. The molecule has 5 rings (SSSR count). The van der Waals surface area contributed by atoms with Gasteiger partial charge in [0.05, 0.1) is 44.8 Å². The lowest BCUT2D eigenvalue weighted by atomic mass is 9.70. The minimum atomic E-state index is -4.72. The van der Waals surface area contributed by atoms with E-state index in [9.17, 15) is 87.9 Å². The summed E-state index contributed by atoms with van der Waals surface area (Å²) in [5.41, 5.74) is -1.17. The maximum Gasteiger partial charge on any atom is 0.305 e. The van der Waals surface area contributed by atoms with Gasteiger partial charge in [-0.25, -0.2) is 12.7 Å². The standard InChI is InChI=1S/C55H78N6O22S6/c1-7-83-50(63)15-9-8-10-24-57-51(64)55(52(65)58-26-33-87(75,76)77)37-39(34-40(38-55)17-23-48-54(4,5)44-36-42(89(80,81)82)19-21-46(44)61(48)29-13-31-85(69,70)71)16-22-47-53(2,3)43-35-41(18-20-45(43)60(47)28-12-30-84(66,67)68)88(78,79)59(6)27-11-14-49(62)56-25-32-86(72,73)74/h16-23,34-36H,7-15,24-33,37-38H2,1-6H3,(H7-,56,57,58,62,64,65,66,67,68,69,70,71,72,73,74,75,76,77,80,81,82)/p+1. The van der Waals surface area contributed by atoms with Crippen LogP contribution in [0.1, 0.15) is 110 Å². The summed E-state index contributed by atoms with van der Waals surface area (Å²) in [4.78, 5) is 55.3. The number of carbonyl (C=O) groups is 4. The number of amides is 3. The Hall–Kier alpha value is -5.79. The van der Waals surface area contributed by atoms with Gasteiger partial charge in [0.2, 0.25) is 33.4 Å². The minimum Gasteiger partial charge on any atom is -0.466 e. The number of nitrogens with zero attached hydrogens (tertiary/aromatic N) is 3. The van der Waals surface area contributed by atoms with Crippen molar-refractivity contribution in [1.82, 2.24) is 20.3 Å². The number of esters is 1. The molecule has 89 heavy (non-hydrogen) atoms. The van der Waals surface area contributed by atoms with E-state index in [2.05, 4.69) is 16.0 Å². The van der Waals surface area contributed by atoms with E-state index >= 15 is 0 Å². The molecule has 1 aliphatic carbocycles. The van der Waals surface area contributed by atoms with Crippen LogP contribution in [0.25, 0.3) is 0 Å². The molecule has 28 nitrogen and oxygen atoms in total. The number of ether oxygens (including phenoxy) is 1. The van der Waals surface area contributed by atoms with Crippen molar-refractivity contribution in [2.75, 3.05) is 80.8 Å². The number of nitrogens with one attached hydrogen (secondary N) is 3. The summed E-state index contributed by atoms with van der Waals surface area (Å²) >= 11 is 0. The van der Waals surface area contributed by atoms with Crippen molar-refractivity contribution < 1.29 is 102 Å². The molecule has 2 aromatic rings. The minimum absolute atomic E-state index is 0.00570. The van der Waals surface area contributed by atoms with Gasteiger partial charge in [0.15, 0.2) is 5.71 Å². The van der Waals surface area contributed by atoms with Crippen LogP contribution in [0, 0.1) is 5.41 Å². The normalized spacial score (nSPS) is 18.7. The highest BCUT2D eigenvalue weighted by Gasteiger charge is 2.50. The first kappa shape index (κ1) is 73.9. The van der Waals surface area contributed by atoms with Gasteiger partial charge in [-0.05, 0) is 112 Å². The largest absolute Gasteiger partial charge is 0.466 e. The highest BCUT2D eigenvalue weighted by Crippen LogP contribution is 2.49. The molecular formula is C55H79N6O22S6+. The predicted octanol–water partition coefficient (Wildman–Crippen LogP) is 3.38. The molecule has 2 aliphatic heterocycles. The van der Waals surface area contributed by atoms with E-state index in [1.807, 2.05) is 0 Å². The van der Waals surface area contributed by atoms with Crippen LogP contribution in [0.2, 0.25) is 0 Å². The van der Waals surface area contributed by atoms with Gasteiger partial charge in [0, 0.05) is 93.5 Å². The molecule has 34 heteroatoms. The SMILES string of the molecule is CCOC(=O)CCCCCNC(=O)C1(C(=O)NCCS(=O)(=O)O)CC(=CC=C2N(CCCS(=O)(=O)O)c3ccc(S(=O)(=O)O)cc3C2(C)C)C=C(C=CC2=[N+](CCCS(=O)(=O)O)c3ccc(S(=O)(=O)N(C)CCCC(=O)NCCS(=O)(=O)O)cc3C2(C)C)C1. The Morgan fingerprint density at radius 3 is 1.83 bits per heavy atom. The summed E-state index contributed by atoms with van der Waals surface area (Å²) in [7, 11) is -25.6. The molecule has 8 N–H and O–H groups in total. The molecule has 0 saturated carbocycles. The first-order valence-corrected chi connectivity index (χ1v) is 37.6. The quantitative estimate of drug-likeness (QED) is 0.0167. The van der Waals surface area contributed by atoms with Gasteiger partial charge in [-0.15, -0.1) is 0 Å². The molecule has 0 aromatic heterocycles. The van der Waals surface area contributed by atoms with Crippen molar-refractivity contribution in [3.63, 3.8) is 0 Å². The Bertz CT molecular complexity index is 3910.